The minimum absolute atomic E-state index is 0.0296. The number of aryl methyl sites for hydroxylation is 1. The van der Waals surface area contributed by atoms with E-state index >= 15 is 0 Å². The number of amides is 1. The number of nitrogens with zero attached hydrogens (tertiary/aromatic N) is 2. The van der Waals surface area contributed by atoms with Crippen LogP contribution in [0.5, 0.6) is 0 Å². The second-order valence-electron chi connectivity index (χ2n) is 6.55. The van der Waals surface area contributed by atoms with Crippen LogP contribution in [0.3, 0.4) is 0 Å². The first kappa shape index (κ1) is 18.7. The number of hydrogen-bond acceptors (Lipinski definition) is 5. The molecule has 1 heterocycles. The molecule has 0 radical (unpaired) electrons. The Morgan fingerprint density at radius 2 is 1.97 bits per heavy atom. The zero-order valence-electron chi connectivity index (χ0n) is 15.7. The molecule has 1 aromatic heterocycles. The summed E-state index contributed by atoms with van der Waals surface area (Å²) >= 11 is 0. The molecule has 0 bridgehead atoms. The normalized spacial score (nSPS) is 10.3. The van der Waals surface area contributed by atoms with Gasteiger partial charge in [0, 0.05) is 0 Å². The molecule has 3 aromatic carbocycles. The quantitative estimate of drug-likeness (QED) is 0.534. The Morgan fingerprint density at radius 1 is 1.17 bits per heavy atom. The summed E-state index contributed by atoms with van der Waals surface area (Å²) in [5, 5.41) is 25.2. The van der Waals surface area contributed by atoms with Gasteiger partial charge in [-0.25, -0.2) is 4.79 Å². The number of carboxylic acids is 1. The molecule has 0 aliphatic heterocycles. The van der Waals surface area contributed by atoms with Crippen LogP contribution >= 0.6 is 0 Å². The molecule has 0 atom stereocenters. The summed E-state index contributed by atoms with van der Waals surface area (Å²) in [6, 6.07) is 20.7. The Kier molecular flexibility index (Phi) is 4.63. The lowest BCUT2D eigenvalue weighted by atomic mass is 10.0. The Hall–Kier alpha value is -4.62. The summed E-state index contributed by atoms with van der Waals surface area (Å²) in [6.45, 7) is 1.96. The van der Waals surface area contributed by atoms with Gasteiger partial charge in [-0.15, -0.1) is 0 Å². The molecule has 4 aromatic rings. The van der Waals surface area contributed by atoms with Crippen molar-refractivity contribution in [2.45, 2.75) is 6.92 Å². The predicted molar refractivity (Wildman–Crippen MR) is 108 cm³/mol. The number of hydrogen-bond donors (Lipinski definition) is 2. The number of carboxylic acid groups (broad SMARTS) is 1. The summed E-state index contributed by atoms with van der Waals surface area (Å²) in [4.78, 5) is 24.2. The maximum absolute atomic E-state index is 12.7. The average Bonchev–Trinajstić information content (AvgIpc) is 3.17. The van der Waals surface area contributed by atoms with E-state index < -0.39 is 11.9 Å². The van der Waals surface area contributed by atoms with Gasteiger partial charge in [0.2, 0.25) is 0 Å². The number of nitrogens with one attached hydrogen (secondary N) is 1. The number of rotatable bonds is 4. The molecule has 4 rings (SSSR count). The maximum atomic E-state index is 12.7. The van der Waals surface area contributed by atoms with Crippen molar-refractivity contribution in [2.24, 2.45) is 0 Å². The van der Waals surface area contributed by atoms with Gasteiger partial charge in [-0.2, -0.15) is 5.26 Å². The van der Waals surface area contributed by atoms with Crippen molar-refractivity contribution in [3.05, 3.63) is 83.0 Å². The van der Waals surface area contributed by atoms with E-state index in [0.717, 1.165) is 16.7 Å². The van der Waals surface area contributed by atoms with Crippen molar-refractivity contribution in [1.82, 2.24) is 5.16 Å². The SMILES string of the molecule is Cc1cc#ccc1-c1ccc2c(C(=O)Nc3ccc(C#N)cc3C(=O)O)noc2c1. The molecule has 0 saturated heterocycles. The maximum Gasteiger partial charge on any atom is 0.337 e. The van der Waals surface area contributed by atoms with E-state index in [-0.39, 0.29) is 22.5 Å². The van der Waals surface area contributed by atoms with Crippen LogP contribution in [0.25, 0.3) is 22.1 Å². The van der Waals surface area contributed by atoms with Crippen LogP contribution in [0.4, 0.5) is 5.69 Å². The van der Waals surface area contributed by atoms with E-state index in [2.05, 4.69) is 22.6 Å². The molecule has 1 amide bonds. The highest BCUT2D eigenvalue weighted by Gasteiger charge is 2.20. The summed E-state index contributed by atoms with van der Waals surface area (Å²) in [7, 11) is 0. The average molecular weight is 395 g/mol. The number of aromatic nitrogens is 1. The van der Waals surface area contributed by atoms with Crippen LogP contribution in [0, 0.1) is 30.4 Å². The summed E-state index contributed by atoms with van der Waals surface area (Å²) in [6.07, 6.45) is 0. The van der Waals surface area contributed by atoms with E-state index in [1.807, 2.05) is 31.2 Å². The van der Waals surface area contributed by atoms with E-state index in [1.165, 1.54) is 18.2 Å². The molecule has 0 fully saturated rings. The highest BCUT2D eigenvalue weighted by atomic mass is 16.5. The highest BCUT2D eigenvalue weighted by Crippen LogP contribution is 2.28. The fraction of sp³-hybridized carbons (Fsp3) is 0.0435. The first-order valence-corrected chi connectivity index (χ1v) is 8.85. The number of nitriles is 1. The fourth-order valence-electron chi connectivity index (χ4n) is 3.12. The molecule has 2 N–H and O–H groups in total. The van der Waals surface area contributed by atoms with Gasteiger partial charge in [0.25, 0.3) is 5.91 Å². The fourth-order valence-corrected chi connectivity index (χ4v) is 3.12. The Bertz CT molecular complexity index is 1350. The number of benzene rings is 2. The van der Waals surface area contributed by atoms with Gasteiger partial charge in [0.1, 0.15) is 0 Å². The van der Waals surface area contributed by atoms with Gasteiger partial charge in [-0.3, -0.25) is 4.79 Å². The highest BCUT2D eigenvalue weighted by molar-refractivity contribution is 6.12. The van der Waals surface area contributed by atoms with Gasteiger partial charge in [-0.1, -0.05) is 23.4 Å². The second kappa shape index (κ2) is 7.42. The lowest BCUT2D eigenvalue weighted by Gasteiger charge is -2.07. The van der Waals surface area contributed by atoms with Crippen LogP contribution in [0.2, 0.25) is 0 Å². The Labute approximate surface area is 171 Å². The topological polar surface area (TPSA) is 116 Å². The summed E-state index contributed by atoms with van der Waals surface area (Å²) in [5.41, 5.74) is 3.36. The van der Waals surface area contributed by atoms with Crippen LogP contribution in [0.15, 0.2) is 53.1 Å². The Morgan fingerprint density at radius 3 is 2.70 bits per heavy atom. The molecule has 0 aliphatic rings. The third-order valence-electron chi connectivity index (χ3n) is 4.64. The first-order chi connectivity index (χ1) is 14.5. The lowest BCUT2D eigenvalue weighted by Crippen LogP contribution is -2.15. The molecule has 0 aliphatic carbocycles. The summed E-state index contributed by atoms with van der Waals surface area (Å²) < 4.78 is 5.34. The van der Waals surface area contributed by atoms with Crippen LogP contribution in [-0.4, -0.2) is 22.1 Å². The molecule has 30 heavy (non-hydrogen) atoms. The minimum atomic E-state index is -1.26. The van der Waals surface area contributed by atoms with Gasteiger partial charge in [0.05, 0.1) is 28.3 Å². The van der Waals surface area contributed by atoms with E-state index in [9.17, 15) is 14.7 Å². The third-order valence-corrected chi connectivity index (χ3v) is 4.64. The van der Waals surface area contributed by atoms with Gasteiger partial charge >= 0.3 is 5.97 Å². The van der Waals surface area contributed by atoms with Crippen LogP contribution in [-0.2, 0) is 0 Å². The van der Waals surface area contributed by atoms with Crippen molar-refractivity contribution in [3.63, 3.8) is 0 Å². The smallest absolute Gasteiger partial charge is 0.337 e. The predicted octanol–water partition coefficient (Wildman–Crippen LogP) is 4.23. The number of carbonyl (C=O) groups is 2. The third kappa shape index (κ3) is 3.32. The van der Waals surface area contributed by atoms with E-state index in [1.54, 1.807) is 12.1 Å². The van der Waals surface area contributed by atoms with Gasteiger partial charge < -0.3 is 14.9 Å². The number of anilines is 1. The van der Waals surface area contributed by atoms with E-state index in [0.29, 0.717) is 11.0 Å². The first-order valence-electron chi connectivity index (χ1n) is 8.85. The molecule has 144 valence electrons. The van der Waals surface area contributed by atoms with Crippen LogP contribution in [0.1, 0.15) is 32.0 Å². The van der Waals surface area contributed by atoms with Gasteiger partial charge in [-0.05, 0) is 66.1 Å². The van der Waals surface area contributed by atoms with Crippen molar-refractivity contribution in [2.75, 3.05) is 5.32 Å². The zero-order chi connectivity index (χ0) is 21.3. The molecule has 7 heteroatoms. The number of aromatic carboxylic acids is 1. The number of carbonyl (C=O) groups excluding carboxylic acids is 1. The molecule has 0 spiro atoms. The number of fused-ring (bicyclic) bond motifs is 1. The minimum Gasteiger partial charge on any atom is -0.478 e. The second-order valence-corrected chi connectivity index (χ2v) is 6.55. The largest absolute Gasteiger partial charge is 0.478 e. The molecule has 0 unspecified atom stereocenters. The molecule has 7 nitrogen and oxygen atoms in total. The van der Waals surface area contributed by atoms with Crippen molar-refractivity contribution >= 4 is 28.5 Å². The monoisotopic (exact) mass is 395 g/mol. The molecule has 0 saturated carbocycles. The molecular weight excluding hydrogens is 382 g/mol. The van der Waals surface area contributed by atoms with Crippen molar-refractivity contribution in [3.8, 4) is 17.2 Å². The van der Waals surface area contributed by atoms with Crippen LogP contribution < -0.4 is 5.32 Å². The Balaban J connectivity index is 1.68. The molecular formula is C23H13N3O4. The lowest BCUT2D eigenvalue weighted by molar-refractivity contribution is 0.0698. The summed E-state index contributed by atoms with van der Waals surface area (Å²) in [5.74, 6) is -1.88. The zero-order valence-corrected chi connectivity index (χ0v) is 15.7. The van der Waals surface area contributed by atoms with Gasteiger partial charge in [0.15, 0.2) is 11.3 Å². The van der Waals surface area contributed by atoms with Crippen molar-refractivity contribution < 1.29 is 19.2 Å². The van der Waals surface area contributed by atoms with Crippen molar-refractivity contribution in [1.29, 1.82) is 5.26 Å². The standard InChI is InChI=1S/C23H13N3O4/c1-13-4-2-3-5-16(13)15-7-8-17-20(11-15)30-26-21(17)22(27)25-19-9-6-14(12-24)10-18(19)23(28)29/h4-11H,1H3,(H,25,27)(H,28,29). The van der Waals surface area contributed by atoms with E-state index in [4.69, 9.17) is 9.78 Å².